The van der Waals surface area contributed by atoms with E-state index in [1.165, 1.54) is 43.5 Å². The number of aromatic nitrogens is 2. The molecule has 0 saturated carbocycles. The van der Waals surface area contributed by atoms with Crippen LogP contribution in [0, 0.1) is 0 Å². The van der Waals surface area contributed by atoms with Gasteiger partial charge in [-0.2, -0.15) is 4.98 Å². The fraction of sp³-hybridized carbons (Fsp3) is 0.176. The molecule has 1 N–H and O–H groups in total. The average molecular weight is 429 g/mol. The largest absolute Gasteiger partial charge is 0.573 e. The van der Waals surface area contributed by atoms with E-state index in [1.807, 2.05) is 0 Å². The molecule has 0 radical (unpaired) electrons. The van der Waals surface area contributed by atoms with Gasteiger partial charge in [0.15, 0.2) is 0 Å². The molecule has 0 spiro atoms. The van der Waals surface area contributed by atoms with Crippen molar-refractivity contribution < 1.29 is 35.6 Å². The maximum Gasteiger partial charge on any atom is 0.573 e. The van der Waals surface area contributed by atoms with Gasteiger partial charge in [-0.15, -0.1) is 13.2 Å². The summed E-state index contributed by atoms with van der Waals surface area (Å²) in [7, 11) is -2.35. The second-order valence-electron chi connectivity index (χ2n) is 5.58. The molecule has 1 heterocycles. The first-order valence-corrected chi connectivity index (χ1v) is 9.47. The molecule has 29 heavy (non-hydrogen) atoms. The van der Waals surface area contributed by atoms with Crippen LogP contribution < -0.4 is 14.2 Å². The third-order valence-electron chi connectivity index (χ3n) is 3.60. The molecule has 2 aromatic carbocycles. The summed E-state index contributed by atoms with van der Waals surface area (Å²) in [6.07, 6.45) is -4.79. The van der Waals surface area contributed by atoms with E-state index in [1.54, 1.807) is 0 Å². The Balaban J connectivity index is 1.65. The van der Waals surface area contributed by atoms with Gasteiger partial charge in [0.05, 0.1) is 18.6 Å². The average Bonchev–Trinajstić information content (AvgIpc) is 3.15. The molecule has 154 valence electrons. The van der Waals surface area contributed by atoms with E-state index in [-0.39, 0.29) is 23.2 Å². The molecule has 3 aromatic rings. The smallest absolute Gasteiger partial charge is 0.497 e. The summed E-state index contributed by atoms with van der Waals surface area (Å²) in [4.78, 5) is 4.05. The minimum absolute atomic E-state index is 0.0206. The minimum Gasteiger partial charge on any atom is -0.497 e. The van der Waals surface area contributed by atoms with Crippen molar-refractivity contribution in [2.75, 3.05) is 7.11 Å². The van der Waals surface area contributed by atoms with E-state index in [0.29, 0.717) is 11.3 Å². The lowest BCUT2D eigenvalue weighted by Crippen LogP contribution is -2.23. The zero-order valence-electron chi connectivity index (χ0n) is 14.8. The Labute approximate surface area is 163 Å². The highest BCUT2D eigenvalue weighted by atomic mass is 32.2. The number of sulfonamides is 1. The van der Waals surface area contributed by atoms with Crippen molar-refractivity contribution in [3.05, 3.63) is 54.4 Å². The summed E-state index contributed by atoms with van der Waals surface area (Å²) in [5.41, 5.74) is 0.368. The maximum atomic E-state index is 12.3. The molecule has 8 nitrogen and oxygen atoms in total. The Hall–Kier alpha value is -3.12. The van der Waals surface area contributed by atoms with Crippen LogP contribution in [0.1, 0.15) is 5.89 Å². The summed E-state index contributed by atoms with van der Waals surface area (Å²) in [5.74, 6) is 0.185. The van der Waals surface area contributed by atoms with Crippen LogP contribution in [-0.2, 0) is 16.6 Å². The van der Waals surface area contributed by atoms with Gasteiger partial charge >= 0.3 is 6.36 Å². The van der Waals surface area contributed by atoms with Gasteiger partial charge in [-0.05, 0) is 48.5 Å². The van der Waals surface area contributed by atoms with Crippen LogP contribution in [0.3, 0.4) is 0 Å². The maximum absolute atomic E-state index is 12.3. The number of ether oxygens (including phenoxy) is 2. The summed E-state index contributed by atoms with van der Waals surface area (Å²) in [6.45, 7) is -0.267. The molecule has 1 aromatic heterocycles. The zero-order chi connectivity index (χ0) is 21.1. The Morgan fingerprint density at radius 1 is 1.03 bits per heavy atom. The van der Waals surface area contributed by atoms with Crippen LogP contribution >= 0.6 is 0 Å². The molecule has 0 saturated heterocycles. The highest BCUT2D eigenvalue weighted by molar-refractivity contribution is 7.89. The lowest BCUT2D eigenvalue weighted by atomic mass is 10.2. The molecule has 0 atom stereocenters. The highest BCUT2D eigenvalue weighted by Crippen LogP contribution is 2.25. The third kappa shape index (κ3) is 5.45. The quantitative estimate of drug-likeness (QED) is 0.615. The van der Waals surface area contributed by atoms with Crippen molar-refractivity contribution in [1.29, 1.82) is 0 Å². The Morgan fingerprint density at radius 2 is 1.66 bits per heavy atom. The van der Waals surface area contributed by atoms with Crippen LogP contribution in [0.4, 0.5) is 13.2 Å². The number of hydrogen-bond acceptors (Lipinski definition) is 7. The molecule has 0 amide bonds. The molecule has 3 rings (SSSR count). The van der Waals surface area contributed by atoms with E-state index in [0.717, 1.165) is 12.1 Å². The highest BCUT2D eigenvalue weighted by Gasteiger charge is 2.31. The topological polar surface area (TPSA) is 104 Å². The van der Waals surface area contributed by atoms with Gasteiger partial charge in [-0.3, -0.25) is 0 Å². The number of benzene rings is 2. The van der Waals surface area contributed by atoms with E-state index in [2.05, 4.69) is 19.6 Å². The van der Waals surface area contributed by atoms with Crippen LogP contribution in [-0.4, -0.2) is 32.0 Å². The van der Waals surface area contributed by atoms with Gasteiger partial charge in [-0.25, -0.2) is 13.1 Å². The Bertz CT molecular complexity index is 1060. The first kappa shape index (κ1) is 20.6. The van der Waals surface area contributed by atoms with Crippen LogP contribution in [0.25, 0.3) is 11.4 Å². The number of alkyl halides is 3. The monoisotopic (exact) mass is 429 g/mol. The van der Waals surface area contributed by atoms with Gasteiger partial charge < -0.3 is 14.0 Å². The van der Waals surface area contributed by atoms with Crippen molar-refractivity contribution in [1.82, 2.24) is 14.9 Å². The van der Waals surface area contributed by atoms with E-state index < -0.39 is 22.1 Å². The Morgan fingerprint density at radius 3 is 2.24 bits per heavy atom. The number of nitrogens with one attached hydrogen (secondary N) is 1. The lowest BCUT2D eigenvalue weighted by molar-refractivity contribution is -0.274. The molecule has 0 aliphatic heterocycles. The molecule has 0 unspecified atom stereocenters. The zero-order valence-corrected chi connectivity index (χ0v) is 15.6. The SMILES string of the molecule is COc1ccc(S(=O)(=O)NCc2nc(-c3ccc(OC(F)(F)F)cc3)no2)cc1. The molecule has 0 aliphatic rings. The number of hydrogen-bond donors (Lipinski definition) is 1. The normalized spacial score (nSPS) is 12.0. The van der Waals surface area contributed by atoms with Gasteiger partial charge in [0.1, 0.15) is 11.5 Å². The number of rotatable bonds is 7. The van der Waals surface area contributed by atoms with Crippen LogP contribution in [0.15, 0.2) is 57.9 Å². The predicted molar refractivity (Wildman–Crippen MR) is 93.4 cm³/mol. The van der Waals surface area contributed by atoms with Gasteiger partial charge in [0, 0.05) is 5.56 Å². The van der Waals surface area contributed by atoms with Gasteiger partial charge in [0.2, 0.25) is 21.7 Å². The van der Waals surface area contributed by atoms with Crippen molar-refractivity contribution in [2.45, 2.75) is 17.8 Å². The van der Waals surface area contributed by atoms with E-state index >= 15 is 0 Å². The second kappa shape index (κ2) is 8.09. The summed E-state index contributed by atoms with van der Waals surface area (Å²) in [5, 5.41) is 3.69. The van der Waals surface area contributed by atoms with E-state index in [4.69, 9.17) is 9.26 Å². The van der Waals surface area contributed by atoms with Crippen LogP contribution in [0.2, 0.25) is 0 Å². The van der Waals surface area contributed by atoms with Crippen molar-refractivity contribution in [3.63, 3.8) is 0 Å². The standard InChI is InChI=1S/C17H14F3N3O5S/c1-26-12-6-8-14(9-7-12)29(24,25)21-10-15-22-16(23-28-15)11-2-4-13(5-3-11)27-17(18,19)20/h2-9,21H,10H2,1H3. The lowest BCUT2D eigenvalue weighted by Gasteiger charge is -2.08. The van der Waals surface area contributed by atoms with Gasteiger partial charge in [-0.1, -0.05) is 5.16 Å². The number of methoxy groups -OCH3 is 1. The first-order chi connectivity index (χ1) is 13.7. The van der Waals surface area contributed by atoms with Crippen LogP contribution in [0.5, 0.6) is 11.5 Å². The molecule has 0 aliphatic carbocycles. The summed E-state index contributed by atoms with van der Waals surface area (Å²) >= 11 is 0. The first-order valence-electron chi connectivity index (χ1n) is 7.99. The molecular formula is C17H14F3N3O5S. The molecule has 0 bridgehead atoms. The molecule has 12 heteroatoms. The minimum atomic E-state index is -4.79. The van der Waals surface area contributed by atoms with E-state index in [9.17, 15) is 21.6 Å². The fourth-order valence-corrected chi connectivity index (χ4v) is 3.22. The number of nitrogens with zero attached hydrogens (tertiary/aromatic N) is 2. The number of halogens is 3. The fourth-order valence-electron chi connectivity index (χ4n) is 2.24. The van der Waals surface area contributed by atoms with Crippen molar-refractivity contribution >= 4 is 10.0 Å². The molecule has 0 fully saturated rings. The summed E-state index contributed by atoms with van der Waals surface area (Å²) in [6, 6.07) is 10.6. The molecular weight excluding hydrogens is 415 g/mol. The van der Waals surface area contributed by atoms with Crippen molar-refractivity contribution in [3.8, 4) is 22.9 Å². The Kier molecular flexibility index (Phi) is 5.75. The third-order valence-corrected chi connectivity index (χ3v) is 5.01. The summed E-state index contributed by atoms with van der Waals surface area (Å²) < 4.78 is 77.2. The predicted octanol–water partition coefficient (Wildman–Crippen LogP) is 3.12. The van der Waals surface area contributed by atoms with Gasteiger partial charge in [0.25, 0.3) is 0 Å². The second-order valence-corrected chi connectivity index (χ2v) is 7.35. The van der Waals surface area contributed by atoms with Crippen molar-refractivity contribution in [2.24, 2.45) is 0 Å².